The van der Waals surface area contributed by atoms with Crippen molar-refractivity contribution in [3.05, 3.63) is 46.8 Å². The average Bonchev–Trinajstić information content (AvgIpc) is 3.04. The Morgan fingerprint density at radius 1 is 1.25 bits per heavy atom. The van der Waals surface area contributed by atoms with Gasteiger partial charge in [0.15, 0.2) is 11.7 Å². The van der Waals surface area contributed by atoms with Crippen molar-refractivity contribution < 1.29 is 4.52 Å². The zero-order valence-corrected chi connectivity index (χ0v) is 17.7. The first-order chi connectivity index (χ1) is 11.2. The Kier molecular flexibility index (Phi) is 9.20. The fourth-order valence-corrected chi connectivity index (χ4v) is 2.88. The molecule has 7 heteroatoms. The van der Waals surface area contributed by atoms with Crippen molar-refractivity contribution in [1.29, 1.82) is 0 Å². The zero-order valence-electron chi connectivity index (χ0n) is 14.5. The third kappa shape index (κ3) is 6.01. The van der Waals surface area contributed by atoms with Gasteiger partial charge in [-0.25, -0.2) is 0 Å². The Bertz CT molecular complexity index is 672. The van der Waals surface area contributed by atoms with E-state index in [1.54, 1.807) is 18.8 Å². The minimum atomic E-state index is 0. The van der Waals surface area contributed by atoms with E-state index in [4.69, 9.17) is 4.52 Å². The van der Waals surface area contributed by atoms with Crippen molar-refractivity contribution in [2.75, 3.05) is 13.3 Å². The molecule has 0 spiro atoms. The highest BCUT2D eigenvalue weighted by atomic mass is 127. The van der Waals surface area contributed by atoms with E-state index >= 15 is 0 Å². The van der Waals surface area contributed by atoms with Gasteiger partial charge in [0.25, 0.3) is 0 Å². The molecule has 0 fully saturated rings. The molecule has 0 saturated carbocycles. The Labute approximate surface area is 165 Å². The third-order valence-corrected chi connectivity index (χ3v) is 4.33. The van der Waals surface area contributed by atoms with Crippen LogP contribution in [0.4, 0.5) is 0 Å². The summed E-state index contributed by atoms with van der Waals surface area (Å²) < 4.78 is 5.26. The van der Waals surface area contributed by atoms with E-state index in [1.807, 2.05) is 6.07 Å². The second-order valence-corrected chi connectivity index (χ2v) is 6.08. The van der Waals surface area contributed by atoms with Crippen LogP contribution < -0.4 is 10.6 Å². The Morgan fingerprint density at radius 3 is 2.62 bits per heavy atom. The Hall–Kier alpha value is -1.22. The number of aliphatic imine (C=N–C) groups is 1. The van der Waals surface area contributed by atoms with Gasteiger partial charge in [-0.05, 0) is 36.8 Å². The van der Waals surface area contributed by atoms with E-state index in [9.17, 15) is 0 Å². The summed E-state index contributed by atoms with van der Waals surface area (Å²) in [6.45, 7) is 5.46. The Balaban J connectivity index is 0.00000288. The first-order valence-electron chi connectivity index (χ1n) is 7.68. The summed E-state index contributed by atoms with van der Waals surface area (Å²) in [4.78, 5) is 5.53. The van der Waals surface area contributed by atoms with Crippen LogP contribution >= 0.6 is 35.7 Å². The Morgan fingerprint density at radius 2 is 2.00 bits per heavy atom. The van der Waals surface area contributed by atoms with Crippen LogP contribution in [0.1, 0.15) is 29.5 Å². The number of rotatable bonds is 6. The predicted octanol–water partition coefficient (Wildman–Crippen LogP) is 3.75. The van der Waals surface area contributed by atoms with Gasteiger partial charge in [0.1, 0.15) is 0 Å². The fourth-order valence-electron chi connectivity index (χ4n) is 2.17. The highest BCUT2D eigenvalue weighted by Crippen LogP contribution is 2.21. The first-order valence-corrected chi connectivity index (χ1v) is 8.91. The summed E-state index contributed by atoms with van der Waals surface area (Å²) >= 11 is 1.76. The van der Waals surface area contributed by atoms with E-state index in [0.717, 1.165) is 30.4 Å². The van der Waals surface area contributed by atoms with E-state index in [1.165, 1.54) is 16.0 Å². The lowest BCUT2D eigenvalue weighted by Gasteiger charge is -2.13. The van der Waals surface area contributed by atoms with Crippen LogP contribution in [-0.2, 0) is 19.5 Å². The molecular formula is C17H25IN4OS. The van der Waals surface area contributed by atoms with Crippen LogP contribution in [0.3, 0.4) is 0 Å². The molecule has 1 aromatic heterocycles. The molecule has 0 unspecified atom stereocenters. The van der Waals surface area contributed by atoms with Gasteiger partial charge in [-0.3, -0.25) is 4.99 Å². The molecule has 2 N–H and O–H groups in total. The average molecular weight is 460 g/mol. The number of aromatic nitrogens is 1. The molecule has 0 amide bonds. The normalized spacial score (nSPS) is 11.1. The van der Waals surface area contributed by atoms with Crippen molar-refractivity contribution in [1.82, 2.24) is 15.8 Å². The maximum Gasteiger partial charge on any atom is 0.191 e. The number of halogens is 1. The van der Waals surface area contributed by atoms with Crippen molar-refractivity contribution in [3.63, 3.8) is 0 Å². The second-order valence-electron chi connectivity index (χ2n) is 5.23. The van der Waals surface area contributed by atoms with Crippen molar-refractivity contribution in [3.8, 4) is 0 Å². The summed E-state index contributed by atoms with van der Waals surface area (Å²) in [6.07, 6.45) is 2.97. The number of thioether (sulfide) groups is 1. The first kappa shape index (κ1) is 20.8. The number of hydrogen-bond donors (Lipinski definition) is 2. The number of nitrogens with one attached hydrogen (secondary N) is 2. The second kappa shape index (κ2) is 10.6. The van der Waals surface area contributed by atoms with Gasteiger partial charge in [0.05, 0.1) is 12.2 Å². The predicted molar refractivity (Wildman–Crippen MR) is 111 cm³/mol. The van der Waals surface area contributed by atoms with Crippen LogP contribution in [0.2, 0.25) is 0 Å². The smallest absolute Gasteiger partial charge is 0.191 e. The number of nitrogens with zero attached hydrogens (tertiary/aromatic N) is 2. The van der Waals surface area contributed by atoms with Crippen molar-refractivity contribution in [2.24, 2.45) is 4.99 Å². The monoisotopic (exact) mass is 460 g/mol. The lowest BCUT2D eigenvalue weighted by atomic mass is 10.1. The SMILES string of the molecule is CCc1cc(CNC(=NC)NCc2ccc(C)cc2SC)on1.I. The largest absolute Gasteiger partial charge is 0.359 e. The molecule has 0 aliphatic heterocycles. The fraction of sp³-hybridized carbons (Fsp3) is 0.412. The van der Waals surface area contributed by atoms with Gasteiger partial charge >= 0.3 is 0 Å². The summed E-state index contributed by atoms with van der Waals surface area (Å²) in [5.41, 5.74) is 3.51. The molecule has 0 radical (unpaired) electrons. The number of guanidine groups is 1. The molecule has 0 aliphatic carbocycles. The van der Waals surface area contributed by atoms with Crippen LogP contribution in [0.5, 0.6) is 0 Å². The van der Waals surface area contributed by atoms with Crippen LogP contribution in [0.25, 0.3) is 0 Å². The highest BCUT2D eigenvalue weighted by molar-refractivity contribution is 14.0. The molecule has 0 atom stereocenters. The van der Waals surface area contributed by atoms with Gasteiger partial charge in [-0.1, -0.05) is 24.2 Å². The topological polar surface area (TPSA) is 62.5 Å². The molecule has 0 saturated heterocycles. The van der Waals surface area contributed by atoms with Gasteiger partial charge in [0, 0.05) is 24.6 Å². The minimum Gasteiger partial charge on any atom is -0.359 e. The molecule has 2 aromatic rings. The molecule has 2 rings (SSSR count). The molecule has 0 bridgehead atoms. The summed E-state index contributed by atoms with van der Waals surface area (Å²) in [5.74, 6) is 1.55. The number of aryl methyl sites for hydroxylation is 2. The molecule has 132 valence electrons. The maximum atomic E-state index is 5.26. The maximum absolute atomic E-state index is 5.26. The third-order valence-electron chi connectivity index (χ3n) is 3.51. The number of benzene rings is 1. The number of hydrogen-bond acceptors (Lipinski definition) is 4. The molecule has 0 aliphatic rings. The molecule has 24 heavy (non-hydrogen) atoms. The van der Waals surface area contributed by atoms with Crippen molar-refractivity contribution >= 4 is 41.7 Å². The van der Waals surface area contributed by atoms with Crippen molar-refractivity contribution in [2.45, 2.75) is 38.3 Å². The van der Waals surface area contributed by atoms with E-state index in [0.29, 0.717) is 6.54 Å². The summed E-state index contributed by atoms with van der Waals surface area (Å²) in [6, 6.07) is 8.46. The van der Waals surface area contributed by atoms with E-state index < -0.39 is 0 Å². The summed E-state index contributed by atoms with van der Waals surface area (Å²) in [7, 11) is 1.76. The van der Waals surface area contributed by atoms with Gasteiger partial charge in [0.2, 0.25) is 0 Å². The van der Waals surface area contributed by atoms with E-state index in [2.05, 4.69) is 59.1 Å². The lowest BCUT2D eigenvalue weighted by molar-refractivity contribution is 0.374. The molecule has 5 nitrogen and oxygen atoms in total. The zero-order chi connectivity index (χ0) is 16.7. The van der Waals surface area contributed by atoms with Crippen LogP contribution in [-0.4, -0.2) is 24.4 Å². The van der Waals surface area contributed by atoms with Crippen LogP contribution in [0.15, 0.2) is 38.7 Å². The van der Waals surface area contributed by atoms with Gasteiger partial charge in [-0.2, -0.15) is 0 Å². The quantitative estimate of drug-likeness (QED) is 0.298. The van der Waals surface area contributed by atoms with Gasteiger partial charge < -0.3 is 15.2 Å². The molecule has 1 aromatic carbocycles. The van der Waals surface area contributed by atoms with Gasteiger partial charge in [-0.15, -0.1) is 35.7 Å². The van der Waals surface area contributed by atoms with Crippen LogP contribution in [0, 0.1) is 6.92 Å². The lowest BCUT2D eigenvalue weighted by Crippen LogP contribution is -2.36. The highest BCUT2D eigenvalue weighted by Gasteiger charge is 2.06. The standard InChI is InChI=1S/C17H24N4OS.HI/c1-5-14-9-15(22-21-14)11-20-17(18-3)19-10-13-7-6-12(2)8-16(13)23-4;/h6-9H,5,10-11H2,1-4H3,(H2,18,19,20);1H. The summed E-state index contributed by atoms with van der Waals surface area (Å²) in [5, 5.41) is 10.6. The minimum absolute atomic E-state index is 0. The molecule has 1 heterocycles. The molecular weight excluding hydrogens is 435 g/mol. The van der Waals surface area contributed by atoms with E-state index in [-0.39, 0.29) is 24.0 Å².